The van der Waals surface area contributed by atoms with E-state index < -0.39 is 0 Å². The number of rotatable bonds is 3. The van der Waals surface area contributed by atoms with Gasteiger partial charge < -0.3 is 15.3 Å². The van der Waals surface area contributed by atoms with Crippen molar-refractivity contribution in [1.29, 1.82) is 0 Å². The predicted molar refractivity (Wildman–Crippen MR) is 62.1 cm³/mol. The molecule has 94 valence electrons. The summed E-state index contributed by atoms with van der Waals surface area (Å²) in [6.07, 6.45) is 0. The second kappa shape index (κ2) is 4.85. The second-order valence-corrected chi connectivity index (χ2v) is 4.37. The zero-order chi connectivity index (χ0) is 12.4. The van der Waals surface area contributed by atoms with Crippen LogP contribution in [0.25, 0.3) is 0 Å². The van der Waals surface area contributed by atoms with E-state index in [0.29, 0.717) is 25.3 Å². The largest absolute Gasteiger partial charge is 0.390 e. The van der Waals surface area contributed by atoms with Gasteiger partial charge in [0.05, 0.1) is 37.6 Å². The molecule has 2 rings (SSSR count). The first-order valence-electron chi connectivity index (χ1n) is 5.76. The summed E-state index contributed by atoms with van der Waals surface area (Å²) >= 11 is 0. The third-order valence-corrected chi connectivity index (χ3v) is 3.03. The number of carbonyl (C=O) groups is 1. The monoisotopic (exact) mass is 238 g/mol. The van der Waals surface area contributed by atoms with E-state index in [1.54, 1.807) is 7.05 Å². The Bertz CT molecular complexity index is 416. The molecule has 17 heavy (non-hydrogen) atoms. The van der Waals surface area contributed by atoms with Crippen LogP contribution >= 0.6 is 0 Å². The van der Waals surface area contributed by atoms with Crippen molar-refractivity contribution in [3.05, 3.63) is 17.5 Å². The molecule has 6 nitrogen and oxygen atoms in total. The second-order valence-electron chi connectivity index (χ2n) is 4.37. The van der Waals surface area contributed by atoms with Gasteiger partial charge in [0, 0.05) is 6.04 Å². The standard InChI is InChI=1S/C11H18N4O2/c1-8-5-15-10(3-9(7-16)13-15)6-14(8)11(17)4-12-2/h3,8,12,16H,4-7H2,1-2H3/t8-/m0/s1. The van der Waals surface area contributed by atoms with Crippen molar-refractivity contribution < 1.29 is 9.90 Å². The van der Waals surface area contributed by atoms with E-state index in [1.807, 2.05) is 22.6 Å². The maximum absolute atomic E-state index is 11.9. The number of aliphatic hydroxyl groups is 1. The van der Waals surface area contributed by atoms with Gasteiger partial charge in [-0.3, -0.25) is 9.48 Å². The van der Waals surface area contributed by atoms with Crippen molar-refractivity contribution in [3.8, 4) is 0 Å². The third-order valence-electron chi connectivity index (χ3n) is 3.03. The van der Waals surface area contributed by atoms with Crippen molar-refractivity contribution in [3.63, 3.8) is 0 Å². The van der Waals surface area contributed by atoms with Gasteiger partial charge in [0.15, 0.2) is 0 Å². The van der Waals surface area contributed by atoms with Crippen LogP contribution in [0.1, 0.15) is 18.3 Å². The number of carbonyl (C=O) groups excluding carboxylic acids is 1. The maximum atomic E-state index is 11.9. The Morgan fingerprint density at radius 1 is 1.71 bits per heavy atom. The smallest absolute Gasteiger partial charge is 0.237 e. The normalized spacial score (nSPS) is 19.2. The number of likely N-dealkylation sites (N-methyl/N-ethyl adjacent to an activating group) is 1. The molecule has 0 aliphatic carbocycles. The molecule has 1 atom stereocenters. The van der Waals surface area contributed by atoms with Gasteiger partial charge in [0.2, 0.25) is 5.91 Å². The fraction of sp³-hybridized carbons (Fsp3) is 0.636. The minimum absolute atomic E-state index is 0.0567. The zero-order valence-electron chi connectivity index (χ0n) is 10.2. The van der Waals surface area contributed by atoms with Crippen molar-refractivity contribution in [1.82, 2.24) is 20.0 Å². The molecule has 0 fully saturated rings. The van der Waals surface area contributed by atoms with Gasteiger partial charge in [-0.1, -0.05) is 0 Å². The van der Waals surface area contributed by atoms with Gasteiger partial charge in [0.25, 0.3) is 0 Å². The van der Waals surface area contributed by atoms with Crippen LogP contribution in [0.2, 0.25) is 0 Å². The van der Waals surface area contributed by atoms with Gasteiger partial charge in [-0.05, 0) is 20.0 Å². The van der Waals surface area contributed by atoms with Crippen LogP contribution < -0.4 is 5.32 Å². The van der Waals surface area contributed by atoms with Gasteiger partial charge >= 0.3 is 0 Å². The fourth-order valence-corrected chi connectivity index (χ4v) is 2.14. The Hall–Kier alpha value is -1.40. The highest BCUT2D eigenvalue weighted by atomic mass is 16.3. The SMILES string of the molecule is CNCC(=O)N1Cc2cc(CO)nn2C[C@@H]1C. The van der Waals surface area contributed by atoms with Crippen LogP contribution in [0.15, 0.2) is 6.07 Å². The topological polar surface area (TPSA) is 70.4 Å². The summed E-state index contributed by atoms with van der Waals surface area (Å²) in [4.78, 5) is 13.7. The third kappa shape index (κ3) is 2.32. The van der Waals surface area contributed by atoms with Crippen LogP contribution in [0.5, 0.6) is 0 Å². The first kappa shape index (κ1) is 12.1. The average molecular weight is 238 g/mol. The van der Waals surface area contributed by atoms with Gasteiger partial charge in [-0.15, -0.1) is 0 Å². The van der Waals surface area contributed by atoms with Gasteiger partial charge in [0.1, 0.15) is 0 Å². The molecule has 1 amide bonds. The highest BCUT2D eigenvalue weighted by molar-refractivity contribution is 5.78. The first-order valence-corrected chi connectivity index (χ1v) is 5.76. The fourth-order valence-electron chi connectivity index (χ4n) is 2.14. The molecule has 0 bridgehead atoms. The number of hydrogen-bond donors (Lipinski definition) is 2. The molecule has 6 heteroatoms. The van der Waals surface area contributed by atoms with E-state index in [9.17, 15) is 4.79 Å². The van der Waals surface area contributed by atoms with Crippen LogP contribution in [0.3, 0.4) is 0 Å². The summed E-state index contributed by atoms with van der Waals surface area (Å²) in [6, 6.07) is 1.99. The molecule has 0 unspecified atom stereocenters. The molecule has 1 aromatic heterocycles. The van der Waals surface area contributed by atoms with E-state index in [-0.39, 0.29) is 18.6 Å². The van der Waals surface area contributed by atoms with Crippen LogP contribution in [0, 0.1) is 0 Å². The zero-order valence-corrected chi connectivity index (χ0v) is 10.2. The van der Waals surface area contributed by atoms with Crippen LogP contribution in [-0.4, -0.2) is 45.3 Å². The highest BCUT2D eigenvalue weighted by Gasteiger charge is 2.27. The average Bonchev–Trinajstić information content (AvgIpc) is 2.70. The lowest BCUT2D eigenvalue weighted by atomic mass is 10.2. The molecule has 0 saturated heterocycles. The van der Waals surface area contributed by atoms with Gasteiger partial charge in [-0.25, -0.2) is 0 Å². The number of amides is 1. The van der Waals surface area contributed by atoms with Crippen molar-refractivity contribution in [2.45, 2.75) is 32.7 Å². The van der Waals surface area contributed by atoms with Crippen molar-refractivity contribution >= 4 is 5.91 Å². The van der Waals surface area contributed by atoms with E-state index in [1.165, 1.54) is 0 Å². The molecule has 0 spiro atoms. The van der Waals surface area contributed by atoms with E-state index in [0.717, 1.165) is 5.69 Å². The van der Waals surface area contributed by atoms with E-state index >= 15 is 0 Å². The quantitative estimate of drug-likeness (QED) is 0.732. The molecule has 0 saturated carbocycles. The van der Waals surface area contributed by atoms with Crippen molar-refractivity contribution in [2.24, 2.45) is 0 Å². The van der Waals surface area contributed by atoms with E-state index in [2.05, 4.69) is 10.4 Å². The minimum atomic E-state index is -0.0567. The van der Waals surface area contributed by atoms with Crippen molar-refractivity contribution in [2.75, 3.05) is 13.6 Å². The summed E-state index contributed by atoms with van der Waals surface area (Å²) in [5.41, 5.74) is 1.65. The van der Waals surface area contributed by atoms with Crippen LogP contribution in [-0.2, 0) is 24.5 Å². The lowest BCUT2D eigenvalue weighted by Crippen LogP contribution is -2.47. The number of aliphatic hydroxyl groups excluding tert-OH is 1. The molecule has 2 heterocycles. The summed E-state index contributed by atoms with van der Waals surface area (Å²) in [5.74, 6) is 0.0954. The summed E-state index contributed by atoms with van der Waals surface area (Å²) in [5, 5.41) is 16.2. The molecule has 1 aliphatic heterocycles. The Labute approximate surface area is 100 Å². The molecule has 2 N–H and O–H groups in total. The molecule has 0 aromatic carbocycles. The van der Waals surface area contributed by atoms with Crippen LogP contribution in [0.4, 0.5) is 0 Å². The van der Waals surface area contributed by atoms with Gasteiger partial charge in [-0.2, -0.15) is 5.10 Å². The number of aromatic nitrogens is 2. The van der Waals surface area contributed by atoms with E-state index in [4.69, 9.17) is 5.11 Å². The lowest BCUT2D eigenvalue weighted by molar-refractivity contribution is -0.134. The summed E-state index contributed by atoms with van der Waals surface area (Å²) in [7, 11) is 1.76. The predicted octanol–water partition coefficient (Wildman–Crippen LogP) is -0.674. The Morgan fingerprint density at radius 2 is 2.47 bits per heavy atom. The maximum Gasteiger partial charge on any atom is 0.237 e. The molecule has 1 aliphatic rings. The number of nitrogens with one attached hydrogen (secondary N) is 1. The number of fused-ring (bicyclic) bond motifs is 1. The number of nitrogens with zero attached hydrogens (tertiary/aromatic N) is 3. The highest BCUT2D eigenvalue weighted by Crippen LogP contribution is 2.18. The molecular formula is C11H18N4O2. The first-order chi connectivity index (χ1) is 8.15. The Morgan fingerprint density at radius 3 is 3.12 bits per heavy atom. The summed E-state index contributed by atoms with van der Waals surface area (Å²) in [6.45, 7) is 3.56. The Balaban J connectivity index is 2.17. The molecule has 0 radical (unpaired) electrons. The molecular weight excluding hydrogens is 220 g/mol. The molecule has 1 aromatic rings. The Kier molecular flexibility index (Phi) is 3.44. The minimum Gasteiger partial charge on any atom is -0.390 e. The number of hydrogen-bond acceptors (Lipinski definition) is 4. The lowest BCUT2D eigenvalue weighted by Gasteiger charge is -2.33. The summed E-state index contributed by atoms with van der Waals surface area (Å²) < 4.78 is 1.87.